The SMILES string of the molecule is CC(C)[C@H](N)C(=O)N[C@@H]1CCCC[C@H]1N(C)C(=O)OC(C)(C)C. The highest BCUT2D eigenvalue weighted by Gasteiger charge is 2.34. The number of amides is 2. The molecule has 0 heterocycles. The van der Waals surface area contributed by atoms with E-state index in [-0.39, 0.29) is 30.0 Å². The van der Waals surface area contributed by atoms with Crippen molar-refractivity contribution in [3.05, 3.63) is 0 Å². The number of carbonyl (C=O) groups is 2. The van der Waals surface area contributed by atoms with Gasteiger partial charge in [-0.1, -0.05) is 26.7 Å². The van der Waals surface area contributed by atoms with Crippen LogP contribution in [0.3, 0.4) is 0 Å². The van der Waals surface area contributed by atoms with Crippen LogP contribution < -0.4 is 11.1 Å². The second kappa shape index (κ2) is 7.99. The molecule has 23 heavy (non-hydrogen) atoms. The lowest BCUT2D eigenvalue weighted by Crippen LogP contribution is -2.57. The van der Waals surface area contributed by atoms with Crippen LogP contribution in [0.15, 0.2) is 0 Å². The van der Waals surface area contributed by atoms with Crippen LogP contribution >= 0.6 is 0 Å². The molecular weight excluding hydrogens is 294 g/mol. The standard InChI is InChI=1S/C17H33N3O3/c1-11(2)14(18)15(21)19-12-9-7-8-10-13(12)20(6)16(22)23-17(3,4)5/h11-14H,7-10,18H2,1-6H3,(H,19,21)/t12-,13-,14+/m1/s1. The Morgan fingerprint density at radius 2 is 1.78 bits per heavy atom. The molecule has 1 fully saturated rings. The first-order chi connectivity index (χ1) is 10.5. The lowest BCUT2D eigenvalue weighted by Gasteiger charge is -2.39. The van der Waals surface area contributed by atoms with Crippen molar-refractivity contribution >= 4 is 12.0 Å². The first-order valence-electron chi connectivity index (χ1n) is 8.54. The largest absolute Gasteiger partial charge is 0.444 e. The monoisotopic (exact) mass is 327 g/mol. The van der Waals surface area contributed by atoms with E-state index in [1.807, 2.05) is 34.6 Å². The maximum Gasteiger partial charge on any atom is 0.410 e. The predicted molar refractivity (Wildman–Crippen MR) is 91.0 cm³/mol. The normalized spacial score (nSPS) is 23.3. The molecule has 0 aliphatic heterocycles. The van der Waals surface area contributed by atoms with Gasteiger partial charge < -0.3 is 20.7 Å². The van der Waals surface area contributed by atoms with E-state index in [1.54, 1.807) is 11.9 Å². The minimum atomic E-state index is -0.529. The first kappa shape index (κ1) is 19.7. The number of nitrogens with two attached hydrogens (primary N) is 1. The molecule has 0 bridgehead atoms. The van der Waals surface area contributed by atoms with E-state index in [9.17, 15) is 9.59 Å². The molecule has 6 nitrogen and oxygen atoms in total. The quantitative estimate of drug-likeness (QED) is 0.829. The summed E-state index contributed by atoms with van der Waals surface area (Å²) in [6, 6.07) is -0.648. The van der Waals surface area contributed by atoms with Crippen LogP contribution in [0.1, 0.15) is 60.3 Å². The zero-order valence-corrected chi connectivity index (χ0v) is 15.4. The summed E-state index contributed by atoms with van der Waals surface area (Å²) < 4.78 is 5.44. The third kappa shape index (κ3) is 6.01. The number of hydrogen-bond donors (Lipinski definition) is 2. The van der Waals surface area contributed by atoms with Crippen LogP contribution in [-0.4, -0.2) is 47.7 Å². The topological polar surface area (TPSA) is 84.7 Å². The van der Waals surface area contributed by atoms with E-state index < -0.39 is 11.6 Å². The van der Waals surface area contributed by atoms with Gasteiger partial charge in [0, 0.05) is 13.1 Å². The smallest absolute Gasteiger partial charge is 0.410 e. The summed E-state index contributed by atoms with van der Waals surface area (Å²) in [7, 11) is 1.74. The van der Waals surface area contributed by atoms with Gasteiger partial charge in [-0.15, -0.1) is 0 Å². The average molecular weight is 327 g/mol. The van der Waals surface area contributed by atoms with Gasteiger partial charge in [-0.2, -0.15) is 0 Å². The highest BCUT2D eigenvalue weighted by molar-refractivity contribution is 5.82. The van der Waals surface area contributed by atoms with Crippen LogP contribution in [-0.2, 0) is 9.53 Å². The van der Waals surface area contributed by atoms with E-state index in [1.165, 1.54) is 0 Å². The van der Waals surface area contributed by atoms with Gasteiger partial charge in [-0.3, -0.25) is 4.79 Å². The molecular formula is C17H33N3O3. The fraction of sp³-hybridized carbons (Fsp3) is 0.882. The number of rotatable bonds is 4. The Morgan fingerprint density at radius 3 is 2.30 bits per heavy atom. The van der Waals surface area contributed by atoms with Crippen molar-refractivity contribution in [2.75, 3.05) is 7.05 Å². The molecule has 3 atom stereocenters. The number of nitrogens with zero attached hydrogens (tertiary/aromatic N) is 1. The van der Waals surface area contributed by atoms with Gasteiger partial charge in [0.2, 0.25) is 5.91 Å². The molecule has 0 saturated heterocycles. The van der Waals surface area contributed by atoms with Gasteiger partial charge in [0.15, 0.2) is 0 Å². The van der Waals surface area contributed by atoms with Crippen molar-refractivity contribution in [1.82, 2.24) is 10.2 Å². The van der Waals surface area contributed by atoms with Gasteiger partial charge in [-0.05, 0) is 39.5 Å². The number of ether oxygens (including phenoxy) is 1. The molecule has 1 aliphatic carbocycles. The molecule has 1 saturated carbocycles. The van der Waals surface area contributed by atoms with Gasteiger partial charge in [0.25, 0.3) is 0 Å². The number of likely N-dealkylation sites (N-methyl/N-ethyl adjacent to an activating group) is 1. The van der Waals surface area contributed by atoms with Crippen molar-refractivity contribution in [1.29, 1.82) is 0 Å². The van der Waals surface area contributed by atoms with Crippen molar-refractivity contribution in [3.63, 3.8) is 0 Å². The Bertz CT molecular complexity index is 418. The number of nitrogens with one attached hydrogen (secondary N) is 1. The van der Waals surface area contributed by atoms with Crippen molar-refractivity contribution in [2.45, 2.75) is 84.0 Å². The third-order valence-electron chi connectivity index (χ3n) is 4.26. The van der Waals surface area contributed by atoms with Crippen LogP contribution in [0.4, 0.5) is 4.79 Å². The molecule has 0 aromatic heterocycles. The fourth-order valence-electron chi connectivity index (χ4n) is 2.79. The average Bonchev–Trinajstić information content (AvgIpc) is 2.44. The summed E-state index contributed by atoms with van der Waals surface area (Å²) in [5, 5.41) is 3.04. The highest BCUT2D eigenvalue weighted by atomic mass is 16.6. The molecule has 0 spiro atoms. The van der Waals surface area contributed by atoms with E-state index in [2.05, 4.69) is 5.32 Å². The van der Waals surface area contributed by atoms with Crippen LogP contribution in [0.5, 0.6) is 0 Å². The van der Waals surface area contributed by atoms with E-state index >= 15 is 0 Å². The van der Waals surface area contributed by atoms with Crippen molar-refractivity contribution in [2.24, 2.45) is 11.7 Å². The Hall–Kier alpha value is -1.30. The highest BCUT2D eigenvalue weighted by Crippen LogP contribution is 2.24. The van der Waals surface area contributed by atoms with Crippen LogP contribution in [0, 0.1) is 5.92 Å². The minimum Gasteiger partial charge on any atom is -0.444 e. The number of carbonyl (C=O) groups excluding carboxylic acids is 2. The molecule has 0 aromatic carbocycles. The van der Waals surface area contributed by atoms with Gasteiger partial charge in [0.05, 0.1) is 12.1 Å². The summed E-state index contributed by atoms with van der Waals surface area (Å²) in [4.78, 5) is 26.2. The molecule has 3 N–H and O–H groups in total. The summed E-state index contributed by atoms with van der Waals surface area (Å²) in [5.74, 6) is -0.0601. The molecule has 2 amide bonds. The Balaban J connectivity index is 2.74. The Labute approximate surface area is 140 Å². The number of hydrogen-bond acceptors (Lipinski definition) is 4. The van der Waals surface area contributed by atoms with Crippen LogP contribution in [0.2, 0.25) is 0 Å². The van der Waals surface area contributed by atoms with Gasteiger partial charge >= 0.3 is 6.09 Å². The van der Waals surface area contributed by atoms with E-state index in [0.717, 1.165) is 25.7 Å². The second-order valence-electron chi connectivity index (χ2n) is 7.83. The van der Waals surface area contributed by atoms with E-state index in [4.69, 9.17) is 10.5 Å². The fourth-order valence-corrected chi connectivity index (χ4v) is 2.79. The first-order valence-corrected chi connectivity index (χ1v) is 8.54. The summed E-state index contributed by atoms with van der Waals surface area (Å²) >= 11 is 0. The predicted octanol–water partition coefficient (Wildman–Crippen LogP) is 2.26. The second-order valence-corrected chi connectivity index (χ2v) is 7.83. The third-order valence-corrected chi connectivity index (χ3v) is 4.26. The molecule has 1 aliphatic rings. The zero-order chi connectivity index (χ0) is 17.8. The Kier molecular flexibility index (Phi) is 6.86. The van der Waals surface area contributed by atoms with Crippen molar-refractivity contribution in [3.8, 4) is 0 Å². The molecule has 0 radical (unpaired) electrons. The maximum absolute atomic E-state index is 12.3. The zero-order valence-electron chi connectivity index (χ0n) is 15.4. The lowest BCUT2D eigenvalue weighted by molar-refractivity contribution is -0.124. The minimum absolute atomic E-state index is 0.0538. The van der Waals surface area contributed by atoms with Gasteiger partial charge in [0.1, 0.15) is 5.60 Å². The lowest BCUT2D eigenvalue weighted by atomic mass is 9.89. The molecule has 134 valence electrons. The maximum atomic E-state index is 12.3. The molecule has 1 rings (SSSR count). The van der Waals surface area contributed by atoms with Crippen LogP contribution in [0.25, 0.3) is 0 Å². The van der Waals surface area contributed by atoms with Gasteiger partial charge in [-0.25, -0.2) is 4.79 Å². The molecule has 0 unspecified atom stereocenters. The van der Waals surface area contributed by atoms with Crippen molar-refractivity contribution < 1.29 is 14.3 Å². The Morgan fingerprint density at radius 1 is 1.22 bits per heavy atom. The summed E-state index contributed by atoms with van der Waals surface area (Å²) in [5.41, 5.74) is 5.40. The summed E-state index contributed by atoms with van der Waals surface area (Å²) in [6.07, 6.45) is 3.45. The molecule has 6 heteroatoms. The van der Waals surface area contributed by atoms with E-state index in [0.29, 0.717) is 0 Å². The molecule has 0 aromatic rings. The summed E-state index contributed by atoms with van der Waals surface area (Å²) in [6.45, 7) is 9.40.